The fraction of sp³-hybridized carbons (Fsp3) is 0.636. The Hall–Kier alpha value is -1.96. The third kappa shape index (κ3) is 2.90. The van der Waals surface area contributed by atoms with E-state index in [1.54, 1.807) is 11.8 Å². The first-order chi connectivity index (χ1) is 8.99. The lowest BCUT2D eigenvalue weighted by atomic mass is 10.2. The van der Waals surface area contributed by atoms with Crippen molar-refractivity contribution in [1.29, 1.82) is 0 Å². The molecule has 1 fully saturated rings. The molecule has 8 heteroatoms. The Labute approximate surface area is 110 Å². The van der Waals surface area contributed by atoms with Crippen LogP contribution in [0.3, 0.4) is 0 Å². The van der Waals surface area contributed by atoms with Gasteiger partial charge in [-0.05, 0) is 16.8 Å². The first-order valence-corrected chi connectivity index (χ1v) is 6.17. The van der Waals surface area contributed by atoms with Crippen LogP contribution in [0.25, 0.3) is 0 Å². The topological polar surface area (TPSA) is 93.3 Å². The molecule has 0 aliphatic carbocycles. The van der Waals surface area contributed by atoms with E-state index >= 15 is 0 Å². The van der Waals surface area contributed by atoms with Crippen LogP contribution in [0, 0.1) is 17.0 Å². The van der Waals surface area contributed by atoms with E-state index in [2.05, 4.69) is 10.3 Å². The van der Waals surface area contributed by atoms with E-state index in [9.17, 15) is 14.9 Å². The number of aryl methyl sites for hydroxylation is 1. The van der Waals surface area contributed by atoms with E-state index in [1.807, 2.05) is 6.92 Å². The van der Waals surface area contributed by atoms with Crippen LogP contribution in [0.15, 0.2) is 6.20 Å². The molecule has 1 amide bonds. The molecule has 1 saturated heterocycles. The summed E-state index contributed by atoms with van der Waals surface area (Å²) in [5.74, 6) is 0.214. The van der Waals surface area contributed by atoms with Gasteiger partial charge >= 0.3 is 5.82 Å². The fourth-order valence-electron chi connectivity index (χ4n) is 2.19. The summed E-state index contributed by atoms with van der Waals surface area (Å²) >= 11 is 0. The second-order valence-corrected chi connectivity index (χ2v) is 4.67. The molecule has 1 aromatic rings. The van der Waals surface area contributed by atoms with Gasteiger partial charge in [0.15, 0.2) is 0 Å². The number of nitrogens with zero attached hydrogens (tertiary/aromatic N) is 4. The molecule has 1 aliphatic rings. The molecule has 2 rings (SSSR count). The SMILES string of the molecule is Cc1nc([N+](=O)[O-])cn1CC(=O)N1CCNC[C@@H]1C. The molecule has 0 radical (unpaired) electrons. The van der Waals surface area contributed by atoms with E-state index < -0.39 is 4.92 Å². The van der Waals surface area contributed by atoms with Gasteiger partial charge in [-0.15, -0.1) is 0 Å². The van der Waals surface area contributed by atoms with Gasteiger partial charge in [0, 0.05) is 32.6 Å². The lowest BCUT2D eigenvalue weighted by molar-refractivity contribution is -0.389. The van der Waals surface area contributed by atoms with Gasteiger partial charge in [0.05, 0.1) is 0 Å². The zero-order valence-corrected chi connectivity index (χ0v) is 11.0. The summed E-state index contributed by atoms with van der Waals surface area (Å²) in [5, 5.41) is 13.8. The molecule has 0 aromatic carbocycles. The average Bonchev–Trinajstić information content (AvgIpc) is 2.71. The van der Waals surface area contributed by atoms with E-state index in [4.69, 9.17) is 0 Å². The highest BCUT2D eigenvalue weighted by molar-refractivity contribution is 5.76. The first kappa shape index (κ1) is 13.5. The van der Waals surface area contributed by atoms with Crippen molar-refractivity contribution in [3.05, 3.63) is 22.1 Å². The van der Waals surface area contributed by atoms with Crippen molar-refractivity contribution >= 4 is 11.7 Å². The molecule has 0 saturated carbocycles. The molecule has 19 heavy (non-hydrogen) atoms. The summed E-state index contributed by atoms with van der Waals surface area (Å²) in [4.78, 5) is 27.9. The smallest absolute Gasteiger partial charge is 0.358 e. The summed E-state index contributed by atoms with van der Waals surface area (Å²) in [6.45, 7) is 5.94. The lowest BCUT2D eigenvalue weighted by Gasteiger charge is -2.34. The highest BCUT2D eigenvalue weighted by Gasteiger charge is 2.24. The Bertz CT molecular complexity index is 499. The van der Waals surface area contributed by atoms with Gasteiger partial charge in [0.25, 0.3) is 0 Å². The second-order valence-electron chi connectivity index (χ2n) is 4.67. The van der Waals surface area contributed by atoms with Crippen molar-refractivity contribution in [2.45, 2.75) is 26.4 Å². The molecule has 1 N–H and O–H groups in total. The summed E-state index contributed by atoms with van der Waals surface area (Å²) in [7, 11) is 0. The minimum atomic E-state index is -0.554. The number of rotatable bonds is 3. The molecule has 1 aromatic heterocycles. The zero-order chi connectivity index (χ0) is 14.0. The van der Waals surface area contributed by atoms with E-state index in [0.29, 0.717) is 12.4 Å². The van der Waals surface area contributed by atoms with Gasteiger partial charge in [-0.2, -0.15) is 0 Å². The van der Waals surface area contributed by atoms with Crippen LogP contribution in [0.5, 0.6) is 0 Å². The minimum absolute atomic E-state index is 0.0376. The molecule has 0 spiro atoms. The van der Waals surface area contributed by atoms with Gasteiger partial charge in [0.1, 0.15) is 12.7 Å². The third-order valence-corrected chi connectivity index (χ3v) is 3.28. The zero-order valence-electron chi connectivity index (χ0n) is 11.0. The summed E-state index contributed by atoms with van der Waals surface area (Å²) < 4.78 is 1.52. The van der Waals surface area contributed by atoms with Crippen molar-refractivity contribution in [1.82, 2.24) is 19.8 Å². The number of carbonyl (C=O) groups is 1. The molecule has 2 heterocycles. The third-order valence-electron chi connectivity index (χ3n) is 3.28. The van der Waals surface area contributed by atoms with Crippen molar-refractivity contribution in [3.8, 4) is 0 Å². The molecule has 0 bridgehead atoms. The van der Waals surface area contributed by atoms with Gasteiger partial charge < -0.3 is 20.3 Å². The van der Waals surface area contributed by atoms with E-state index in [1.165, 1.54) is 10.8 Å². The van der Waals surface area contributed by atoms with E-state index in [0.717, 1.165) is 13.1 Å². The van der Waals surface area contributed by atoms with Gasteiger partial charge in [-0.1, -0.05) is 0 Å². The van der Waals surface area contributed by atoms with Crippen LogP contribution in [-0.2, 0) is 11.3 Å². The van der Waals surface area contributed by atoms with Crippen LogP contribution in [0.4, 0.5) is 5.82 Å². The number of aromatic nitrogens is 2. The Morgan fingerprint density at radius 3 is 3.00 bits per heavy atom. The monoisotopic (exact) mass is 267 g/mol. The number of hydrogen-bond acceptors (Lipinski definition) is 5. The van der Waals surface area contributed by atoms with Crippen molar-refractivity contribution in [3.63, 3.8) is 0 Å². The van der Waals surface area contributed by atoms with Crippen molar-refractivity contribution < 1.29 is 9.72 Å². The van der Waals surface area contributed by atoms with Crippen LogP contribution < -0.4 is 5.32 Å². The molecular formula is C11H17N5O3. The molecule has 0 unspecified atom stereocenters. The Morgan fingerprint density at radius 1 is 1.68 bits per heavy atom. The van der Waals surface area contributed by atoms with Gasteiger partial charge in [0.2, 0.25) is 11.7 Å². The molecule has 1 atom stereocenters. The molecular weight excluding hydrogens is 250 g/mol. The Balaban J connectivity index is 2.08. The van der Waals surface area contributed by atoms with Gasteiger partial charge in [-0.3, -0.25) is 9.36 Å². The number of nitrogens with one attached hydrogen (secondary N) is 1. The predicted octanol–water partition coefficient (Wildman–Crippen LogP) is -0.0800. The number of amides is 1. The predicted molar refractivity (Wildman–Crippen MR) is 67.7 cm³/mol. The summed E-state index contributed by atoms with van der Waals surface area (Å²) in [5.41, 5.74) is 0. The number of nitro groups is 1. The Morgan fingerprint density at radius 2 is 2.42 bits per heavy atom. The number of carbonyl (C=O) groups excluding carboxylic acids is 1. The molecule has 8 nitrogen and oxygen atoms in total. The van der Waals surface area contributed by atoms with Crippen LogP contribution >= 0.6 is 0 Å². The highest BCUT2D eigenvalue weighted by atomic mass is 16.6. The maximum Gasteiger partial charge on any atom is 0.381 e. The van der Waals surface area contributed by atoms with Crippen LogP contribution in [-0.4, -0.2) is 51.0 Å². The fourth-order valence-corrected chi connectivity index (χ4v) is 2.19. The average molecular weight is 267 g/mol. The normalized spacial score (nSPS) is 19.5. The van der Waals surface area contributed by atoms with Gasteiger partial charge in [-0.25, -0.2) is 0 Å². The second kappa shape index (κ2) is 5.35. The summed E-state index contributed by atoms with van der Waals surface area (Å²) in [6, 6.07) is 0.139. The van der Waals surface area contributed by atoms with Crippen LogP contribution in [0.2, 0.25) is 0 Å². The number of imidazole rings is 1. The lowest BCUT2D eigenvalue weighted by Crippen LogP contribution is -2.53. The maximum absolute atomic E-state index is 12.2. The number of hydrogen-bond donors (Lipinski definition) is 1. The first-order valence-electron chi connectivity index (χ1n) is 6.17. The largest absolute Gasteiger partial charge is 0.381 e. The summed E-state index contributed by atoms with van der Waals surface area (Å²) in [6.07, 6.45) is 1.31. The molecule has 104 valence electrons. The minimum Gasteiger partial charge on any atom is -0.358 e. The van der Waals surface area contributed by atoms with Crippen LogP contribution in [0.1, 0.15) is 12.7 Å². The van der Waals surface area contributed by atoms with Crippen molar-refractivity contribution in [2.24, 2.45) is 0 Å². The highest BCUT2D eigenvalue weighted by Crippen LogP contribution is 2.11. The van der Waals surface area contributed by atoms with Crippen molar-refractivity contribution in [2.75, 3.05) is 19.6 Å². The maximum atomic E-state index is 12.2. The quantitative estimate of drug-likeness (QED) is 0.610. The standard InChI is InChI=1S/C11H17N5O3/c1-8-5-12-3-4-15(8)11(17)7-14-6-10(16(18)19)13-9(14)2/h6,8,12H,3-5,7H2,1-2H3/t8-/m0/s1. The molecule has 1 aliphatic heterocycles. The van der Waals surface area contributed by atoms with E-state index in [-0.39, 0.29) is 24.3 Å². The number of piperazine rings is 1. The Kier molecular flexibility index (Phi) is 3.79.